The number of carbonyl (C=O) groups is 7. The van der Waals surface area contributed by atoms with Gasteiger partial charge in [0.15, 0.2) is 11.4 Å². The number of amides is 5. The van der Waals surface area contributed by atoms with E-state index >= 15 is 0 Å². The summed E-state index contributed by atoms with van der Waals surface area (Å²) >= 11 is 0. The van der Waals surface area contributed by atoms with Crippen LogP contribution in [0.15, 0.2) is 60.7 Å². The lowest BCUT2D eigenvalue weighted by molar-refractivity contribution is -0.167. The van der Waals surface area contributed by atoms with Gasteiger partial charge in [0.25, 0.3) is 0 Å². The molecule has 0 radical (unpaired) electrons. The van der Waals surface area contributed by atoms with Crippen molar-refractivity contribution in [2.24, 2.45) is 11.8 Å². The number of Topliss-reactive ketones (excluding diaryl/α,β-unsaturated/α-hetero) is 1. The molecule has 344 valence electrons. The van der Waals surface area contributed by atoms with Crippen molar-refractivity contribution in [3.63, 3.8) is 0 Å². The summed E-state index contributed by atoms with van der Waals surface area (Å²) in [6.45, 7) is 12.6. The zero-order valence-corrected chi connectivity index (χ0v) is 37.8. The third kappa shape index (κ3) is 18.7. The Morgan fingerprint density at radius 1 is 0.746 bits per heavy atom. The number of benzene rings is 2. The van der Waals surface area contributed by atoms with Crippen LogP contribution in [0.1, 0.15) is 91.2 Å². The Hall–Kier alpha value is -5.59. The number of hydrogen-bond acceptors (Lipinski definition) is 10. The van der Waals surface area contributed by atoms with Crippen molar-refractivity contribution in [1.29, 1.82) is 0 Å². The fourth-order valence-corrected chi connectivity index (χ4v) is 7.11. The van der Waals surface area contributed by atoms with Gasteiger partial charge in [-0.2, -0.15) is 0 Å². The fraction of sp³-hybridized carbons (Fsp3) is 0.562. The van der Waals surface area contributed by atoms with Gasteiger partial charge < -0.3 is 36.1 Å². The van der Waals surface area contributed by atoms with Gasteiger partial charge in [-0.1, -0.05) is 95.3 Å². The van der Waals surface area contributed by atoms with Gasteiger partial charge in [0.1, 0.15) is 24.7 Å². The van der Waals surface area contributed by atoms with E-state index < -0.39 is 71.7 Å². The molecule has 1 saturated heterocycles. The molecule has 0 aliphatic carbocycles. The second-order valence-electron chi connectivity index (χ2n) is 17.1. The maximum Gasteiger partial charge on any atom is 0.326 e. The van der Waals surface area contributed by atoms with Crippen molar-refractivity contribution >= 4 is 41.3 Å². The third-order valence-electron chi connectivity index (χ3n) is 10.7. The highest BCUT2D eigenvalue weighted by Crippen LogP contribution is 2.22. The number of carbonyl (C=O) groups excluding carboxylic acids is 7. The van der Waals surface area contributed by atoms with Gasteiger partial charge in [-0.15, -0.1) is 12.3 Å². The highest BCUT2D eigenvalue weighted by molar-refractivity contribution is 5.99. The molecule has 1 fully saturated rings. The van der Waals surface area contributed by atoms with Crippen LogP contribution >= 0.6 is 0 Å². The lowest BCUT2D eigenvalue weighted by Crippen LogP contribution is -2.60. The molecule has 0 saturated carbocycles. The predicted molar refractivity (Wildman–Crippen MR) is 240 cm³/mol. The van der Waals surface area contributed by atoms with Crippen molar-refractivity contribution < 1.29 is 43.0 Å². The highest BCUT2D eigenvalue weighted by Gasteiger charge is 2.42. The van der Waals surface area contributed by atoms with Crippen molar-refractivity contribution in [3.05, 3.63) is 71.8 Å². The molecule has 3 rings (SSSR count). The summed E-state index contributed by atoms with van der Waals surface area (Å²) in [6, 6.07) is 14.3. The van der Waals surface area contributed by atoms with E-state index in [0.29, 0.717) is 32.7 Å². The Morgan fingerprint density at radius 2 is 1.29 bits per heavy atom. The molecule has 2 aromatic carbocycles. The average Bonchev–Trinajstić information content (AvgIpc) is 3.25. The number of ketones is 1. The average molecular weight is 873 g/mol. The van der Waals surface area contributed by atoms with Crippen LogP contribution in [0.3, 0.4) is 0 Å². The van der Waals surface area contributed by atoms with Crippen LogP contribution in [0.2, 0.25) is 0 Å². The molecule has 63 heavy (non-hydrogen) atoms. The molecule has 0 spiro atoms. The van der Waals surface area contributed by atoms with E-state index in [9.17, 15) is 33.6 Å². The summed E-state index contributed by atoms with van der Waals surface area (Å²) in [5.41, 5.74) is 0.0540. The van der Waals surface area contributed by atoms with Gasteiger partial charge in [-0.05, 0) is 62.0 Å². The Kier molecular flexibility index (Phi) is 22.0. The largest absolute Gasteiger partial charge is 0.450 e. The molecular formula is C48H68N6O9. The minimum atomic E-state index is -1.66. The molecule has 0 unspecified atom stereocenters. The number of esters is 1. The SMILES string of the molecule is C#CCCC(=O)NCC(=O)O[C@](C)(CC)C(=O)[C@H](CC(C)C)NC(=O)[C@H](Cc1ccccc1)NC(=O)[C@H](CC(C)C)NC(=O)[C@H](CCc1ccccc1)NC(=O)CN1CCOCC1. The van der Waals surface area contributed by atoms with E-state index in [1.165, 1.54) is 6.92 Å². The maximum absolute atomic E-state index is 14.4. The summed E-state index contributed by atoms with van der Waals surface area (Å²) < 4.78 is 11.1. The highest BCUT2D eigenvalue weighted by atomic mass is 16.6. The molecule has 1 aliphatic rings. The molecule has 0 bridgehead atoms. The van der Waals surface area contributed by atoms with Crippen LogP contribution in [-0.2, 0) is 55.9 Å². The zero-order valence-electron chi connectivity index (χ0n) is 37.8. The first-order valence-electron chi connectivity index (χ1n) is 22.1. The van der Waals surface area contributed by atoms with Crippen LogP contribution in [-0.4, -0.2) is 115 Å². The monoisotopic (exact) mass is 873 g/mol. The fourth-order valence-electron chi connectivity index (χ4n) is 7.11. The van der Waals surface area contributed by atoms with Gasteiger partial charge in [-0.3, -0.25) is 38.5 Å². The van der Waals surface area contributed by atoms with Crippen molar-refractivity contribution in [3.8, 4) is 12.3 Å². The minimum absolute atomic E-state index is 0.0325. The molecule has 5 N–H and O–H groups in total. The summed E-state index contributed by atoms with van der Waals surface area (Å²) in [4.78, 5) is 97.2. The molecule has 1 heterocycles. The second kappa shape index (κ2) is 26.8. The van der Waals surface area contributed by atoms with Gasteiger partial charge in [0.05, 0.1) is 25.8 Å². The molecule has 5 atom stereocenters. The van der Waals surface area contributed by atoms with Crippen molar-refractivity contribution in [2.45, 2.75) is 123 Å². The maximum atomic E-state index is 14.4. The summed E-state index contributed by atoms with van der Waals surface area (Å²) in [5, 5.41) is 14.0. The number of hydrogen-bond donors (Lipinski definition) is 5. The second-order valence-corrected chi connectivity index (χ2v) is 17.1. The van der Waals surface area contributed by atoms with Crippen LogP contribution < -0.4 is 26.6 Å². The minimum Gasteiger partial charge on any atom is -0.450 e. The smallest absolute Gasteiger partial charge is 0.326 e. The van der Waals surface area contributed by atoms with E-state index in [-0.39, 0.29) is 69.2 Å². The molecule has 2 aromatic rings. The molecule has 0 aromatic heterocycles. The van der Waals surface area contributed by atoms with Crippen LogP contribution in [0.4, 0.5) is 0 Å². The van der Waals surface area contributed by atoms with Gasteiger partial charge in [0.2, 0.25) is 29.5 Å². The molecular weight excluding hydrogens is 805 g/mol. The molecule has 15 nitrogen and oxygen atoms in total. The van der Waals surface area contributed by atoms with E-state index in [0.717, 1.165) is 11.1 Å². The van der Waals surface area contributed by atoms with Crippen LogP contribution in [0.25, 0.3) is 0 Å². The topological polar surface area (TPSA) is 201 Å². The number of ether oxygens (including phenoxy) is 2. The number of morpholine rings is 1. The van der Waals surface area contributed by atoms with E-state index in [2.05, 4.69) is 32.5 Å². The standard InChI is InChI=1S/C48H68N6O9/c1-8-10-21-41(55)49-31-43(57)63-48(7,9-2)44(58)38(28-33(3)4)51-47(61)40(30-36-19-15-12-16-20-36)53-46(60)39(29-34(5)6)52-45(59)37(23-22-35-17-13-11-14-18-35)50-42(56)32-54-24-26-62-27-25-54/h1,11-20,33-34,37-40H,9-10,21-32H2,2-7H3,(H,49,55)(H,50,56)(H,51,61)(H,52,59)(H,53,60)/t37-,38-,39-,40-,48+/m0/s1. The van der Waals surface area contributed by atoms with Crippen LogP contribution in [0.5, 0.6) is 0 Å². The predicted octanol–water partition coefficient (Wildman–Crippen LogP) is 3.04. The first-order chi connectivity index (χ1) is 30.0. The summed E-state index contributed by atoms with van der Waals surface area (Å²) in [5.74, 6) is -1.71. The Balaban J connectivity index is 1.85. The normalized spacial score (nSPS) is 15.7. The molecule has 1 aliphatic heterocycles. The molecule has 5 amide bonds. The summed E-state index contributed by atoms with van der Waals surface area (Å²) in [6.07, 6.45) is 6.78. The zero-order chi connectivity index (χ0) is 46.4. The van der Waals surface area contributed by atoms with Gasteiger partial charge in [0, 0.05) is 32.4 Å². The number of nitrogens with one attached hydrogen (secondary N) is 5. The number of rotatable bonds is 26. The van der Waals surface area contributed by atoms with Crippen molar-refractivity contribution in [2.75, 3.05) is 39.4 Å². The Morgan fingerprint density at radius 3 is 1.87 bits per heavy atom. The third-order valence-corrected chi connectivity index (χ3v) is 10.7. The van der Waals surface area contributed by atoms with E-state index in [1.807, 2.05) is 81.1 Å². The lowest BCUT2D eigenvalue weighted by Gasteiger charge is -2.33. The Bertz CT molecular complexity index is 1840. The van der Waals surface area contributed by atoms with Gasteiger partial charge in [-0.25, -0.2) is 0 Å². The Labute approximate surface area is 372 Å². The number of nitrogens with zero attached hydrogens (tertiary/aromatic N) is 1. The number of aryl methyl sites for hydroxylation is 1. The lowest BCUT2D eigenvalue weighted by atomic mass is 9.87. The quantitative estimate of drug-likeness (QED) is 0.0692. The van der Waals surface area contributed by atoms with Crippen molar-refractivity contribution in [1.82, 2.24) is 31.5 Å². The molecule has 15 heteroatoms. The van der Waals surface area contributed by atoms with E-state index in [4.69, 9.17) is 15.9 Å². The number of terminal acetylenes is 1. The first kappa shape index (κ1) is 51.8. The van der Waals surface area contributed by atoms with Gasteiger partial charge >= 0.3 is 5.97 Å². The first-order valence-corrected chi connectivity index (χ1v) is 22.1. The summed E-state index contributed by atoms with van der Waals surface area (Å²) in [7, 11) is 0. The van der Waals surface area contributed by atoms with E-state index in [1.54, 1.807) is 19.1 Å². The van der Waals surface area contributed by atoms with Crippen LogP contribution in [0, 0.1) is 24.2 Å².